The molecule has 0 saturated heterocycles. The quantitative estimate of drug-likeness (QED) is 0.364. The Hall–Kier alpha value is -1.57. The fraction of sp³-hybridized carbons (Fsp3) is 0.609. The van der Waals surface area contributed by atoms with Crippen molar-refractivity contribution in [1.29, 1.82) is 0 Å². The first-order valence-electron chi connectivity index (χ1n) is 10.5. The number of anilines is 1. The smallest absolute Gasteiger partial charge is 0.0722 e. The molecule has 0 unspecified atom stereocenters. The van der Waals surface area contributed by atoms with E-state index in [-0.39, 0.29) is 0 Å². The second-order valence-electron chi connectivity index (χ2n) is 7.19. The number of rotatable bonds is 14. The number of nitrogens with one attached hydrogen (secondary N) is 1. The molecule has 0 bridgehead atoms. The second-order valence-corrected chi connectivity index (χ2v) is 7.19. The molecular formula is C23H36N2. The summed E-state index contributed by atoms with van der Waals surface area (Å²) in [4.78, 5) is 4.42. The SMILES string of the molecule is CCCCCCCCCCCCCCNc1ccnc2ccccc12. The van der Waals surface area contributed by atoms with E-state index < -0.39 is 0 Å². The maximum absolute atomic E-state index is 4.42. The number of nitrogens with zero attached hydrogens (tertiary/aromatic N) is 1. The van der Waals surface area contributed by atoms with Crippen LogP contribution in [0.5, 0.6) is 0 Å². The highest BCUT2D eigenvalue weighted by molar-refractivity contribution is 5.90. The third kappa shape index (κ3) is 7.90. The summed E-state index contributed by atoms with van der Waals surface area (Å²) < 4.78 is 0. The molecule has 25 heavy (non-hydrogen) atoms. The largest absolute Gasteiger partial charge is 0.384 e. The number of aromatic nitrogens is 1. The Bertz CT molecular complexity index is 574. The van der Waals surface area contributed by atoms with Gasteiger partial charge >= 0.3 is 0 Å². The number of hydrogen-bond donors (Lipinski definition) is 1. The molecule has 2 rings (SSSR count). The number of pyridine rings is 1. The maximum Gasteiger partial charge on any atom is 0.0722 e. The van der Waals surface area contributed by atoms with Gasteiger partial charge in [-0.3, -0.25) is 4.98 Å². The molecule has 1 heterocycles. The number of para-hydroxylation sites is 1. The number of hydrogen-bond acceptors (Lipinski definition) is 2. The van der Waals surface area contributed by atoms with Gasteiger partial charge in [0.15, 0.2) is 0 Å². The van der Waals surface area contributed by atoms with Crippen LogP contribution in [0.15, 0.2) is 36.5 Å². The summed E-state index contributed by atoms with van der Waals surface area (Å²) in [6, 6.07) is 10.4. The second kappa shape index (κ2) is 12.7. The van der Waals surface area contributed by atoms with Gasteiger partial charge in [0.1, 0.15) is 0 Å². The fourth-order valence-electron chi connectivity index (χ4n) is 3.44. The molecule has 0 radical (unpaired) electrons. The summed E-state index contributed by atoms with van der Waals surface area (Å²) in [5, 5.41) is 4.81. The molecule has 1 aromatic carbocycles. The van der Waals surface area contributed by atoms with E-state index in [0.29, 0.717) is 0 Å². The third-order valence-corrected chi connectivity index (χ3v) is 4.99. The zero-order chi connectivity index (χ0) is 17.6. The predicted molar refractivity (Wildman–Crippen MR) is 111 cm³/mol. The van der Waals surface area contributed by atoms with Crippen molar-refractivity contribution in [1.82, 2.24) is 4.98 Å². The molecule has 2 nitrogen and oxygen atoms in total. The van der Waals surface area contributed by atoms with Crippen LogP contribution in [0.2, 0.25) is 0 Å². The first-order chi connectivity index (χ1) is 12.4. The maximum atomic E-state index is 4.42. The van der Waals surface area contributed by atoms with Crippen LogP contribution < -0.4 is 5.32 Å². The van der Waals surface area contributed by atoms with Crippen LogP contribution in [0.4, 0.5) is 5.69 Å². The van der Waals surface area contributed by atoms with Gasteiger partial charge in [-0.1, -0.05) is 95.8 Å². The molecule has 0 fully saturated rings. The van der Waals surface area contributed by atoms with Crippen LogP contribution in [0.25, 0.3) is 10.9 Å². The zero-order valence-electron chi connectivity index (χ0n) is 16.1. The lowest BCUT2D eigenvalue weighted by atomic mass is 10.1. The minimum atomic E-state index is 1.06. The van der Waals surface area contributed by atoms with Crippen LogP contribution in [0, 0.1) is 0 Å². The Morgan fingerprint density at radius 1 is 0.720 bits per heavy atom. The molecule has 138 valence electrons. The van der Waals surface area contributed by atoms with Crippen molar-refractivity contribution in [3.63, 3.8) is 0 Å². The minimum absolute atomic E-state index is 1.06. The molecule has 1 N–H and O–H groups in total. The molecule has 0 aliphatic carbocycles. The highest BCUT2D eigenvalue weighted by Crippen LogP contribution is 2.21. The first-order valence-corrected chi connectivity index (χ1v) is 10.5. The molecule has 0 spiro atoms. The van der Waals surface area contributed by atoms with Crippen molar-refractivity contribution >= 4 is 16.6 Å². The minimum Gasteiger partial charge on any atom is -0.384 e. The van der Waals surface area contributed by atoms with E-state index in [1.807, 2.05) is 12.3 Å². The van der Waals surface area contributed by atoms with Gasteiger partial charge in [-0.15, -0.1) is 0 Å². The van der Waals surface area contributed by atoms with E-state index in [0.717, 1.165) is 12.1 Å². The van der Waals surface area contributed by atoms with Crippen molar-refractivity contribution in [2.24, 2.45) is 0 Å². The molecule has 2 aromatic rings. The van der Waals surface area contributed by atoms with Gasteiger partial charge in [-0.25, -0.2) is 0 Å². The zero-order valence-corrected chi connectivity index (χ0v) is 16.1. The van der Waals surface area contributed by atoms with E-state index >= 15 is 0 Å². The van der Waals surface area contributed by atoms with Gasteiger partial charge in [0.05, 0.1) is 5.52 Å². The van der Waals surface area contributed by atoms with E-state index in [2.05, 4.69) is 41.5 Å². The summed E-state index contributed by atoms with van der Waals surface area (Å²) in [7, 11) is 0. The standard InChI is InChI=1S/C23H36N2/c1-2-3-4-5-6-7-8-9-10-11-12-15-19-24-23-18-20-25-22-17-14-13-16-21(22)23/h13-14,16-18,20H,2-12,15,19H2,1H3,(H,24,25). The Balaban J connectivity index is 1.46. The van der Waals surface area contributed by atoms with Gasteiger partial charge in [0, 0.05) is 23.8 Å². The van der Waals surface area contributed by atoms with E-state index in [9.17, 15) is 0 Å². The highest BCUT2D eigenvalue weighted by atomic mass is 14.9. The number of unbranched alkanes of at least 4 members (excludes halogenated alkanes) is 11. The van der Waals surface area contributed by atoms with Crippen molar-refractivity contribution < 1.29 is 0 Å². The molecule has 0 aliphatic heterocycles. The van der Waals surface area contributed by atoms with Crippen molar-refractivity contribution in [3.8, 4) is 0 Å². The summed E-state index contributed by atoms with van der Waals surface area (Å²) in [5.41, 5.74) is 2.29. The van der Waals surface area contributed by atoms with Crippen molar-refractivity contribution in [2.75, 3.05) is 11.9 Å². The van der Waals surface area contributed by atoms with Gasteiger partial charge in [0.2, 0.25) is 0 Å². The molecule has 2 heteroatoms. The monoisotopic (exact) mass is 340 g/mol. The fourth-order valence-corrected chi connectivity index (χ4v) is 3.44. The van der Waals surface area contributed by atoms with E-state index in [4.69, 9.17) is 0 Å². The third-order valence-electron chi connectivity index (χ3n) is 4.99. The summed E-state index contributed by atoms with van der Waals surface area (Å²) in [6.07, 6.45) is 18.7. The van der Waals surface area contributed by atoms with Crippen LogP contribution in [0.1, 0.15) is 84.0 Å². The van der Waals surface area contributed by atoms with Crippen molar-refractivity contribution in [3.05, 3.63) is 36.5 Å². The topological polar surface area (TPSA) is 24.9 Å². The lowest BCUT2D eigenvalue weighted by Crippen LogP contribution is -2.02. The molecule has 0 atom stereocenters. The Labute approximate surface area is 154 Å². The average molecular weight is 341 g/mol. The molecule has 0 aliphatic rings. The van der Waals surface area contributed by atoms with E-state index in [1.54, 1.807) is 0 Å². The molecule has 1 aromatic heterocycles. The first kappa shape index (κ1) is 19.8. The van der Waals surface area contributed by atoms with Crippen LogP contribution in [-0.4, -0.2) is 11.5 Å². The highest BCUT2D eigenvalue weighted by Gasteiger charge is 2.00. The van der Waals surface area contributed by atoms with Gasteiger partial charge < -0.3 is 5.32 Å². The predicted octanol–water partition coefficient (Wildman–Crippen LogP) is 7.35. The lowest BCUT2D eigenvalue weighted by Gasteiger charge is -2.09. The summed E-state index contributed by atoms with van der Waals surface area (Å²) in [5.74, 6) is 0. The summed E-state index contributed by atoms with van der Waals surface area (Å²) >= 11 is 0. The Morgan fingerprint density at radius 3 is 2.00 bits per heavy atom. The molecule has 0 saturated carbocycles. The van der Waals surface area contributed by atoms with Crippen LogP contribution >= 0.6 is 0 Å². The lowest BCUT2D eigenvalue weighted by molar-refractivity contribution is 0.546. The Morgan fingerprint density at radius 2 is 1.32 bits per heavy atom. The summed E-state index contributed by atoms with van der Waals surface area (Å²) in [6.45, 7) is 3.35. The van der Waals surface area contributed by atoms with Gasteiger partial charge in [-0.05, 0) is 18.6 Å². The number of fused-ring (bicyclic) bond motifs is 1. The van der Waals surface area contributed by atoms with Crippen molar-refractivity contribution in [2.45, 2.75) is 84.0 Å². The van der Waals surface area contributed by atoms with E-state index in [1.165, 1.54) is 88.1 Å². The van der Waals surface area contributed by atoms with Crippen LogP contribution in [-0.2, 0) is 0 Å². The number of benzene rings is 1. The molecular weight excluding hydrogens is 304 g/mol. The van der Waals surface area contributed by atoms with Gasteiger partial charge in [-0.2, -0.15) is 0 Å². The van der Waals surface area contributed by atoms with Crippen LogP contribution in [0.3, 0.4) is 0 Å². The Kier molecular flexibility index (Phi) is 10.1. The molecule has 0 amide bonds. The normalized spacial score (nSPS) is 11.1. The van der Waals surface area contributed by atoms with Gasteiger partial charge in [0.25, 0.3) is 0 Å². The average Bonchev–Trinajstić information content (AvgIpc) is 2.65.